The summed E-state index contributed by atoms with van der Waals surface area (Å²) in [5, 5.41) is 3.28. The molecule has 1 aromatic heterocycles. The summed E-state index contributed by atoms with van der Waals surface area (Å²) in [7, 11) is 0.665. The van der Waals surface area contributed by atoms with Crippen LogP contribution in [0.15, 0.2) is 66.7 Å². The minimum atomic E-state index is -3.46. The Morgan fingerprint density at radius 3 is 2.52 bits per heavy atom. The number of hydrogen-bond acceptors (Lipinski definition) is 3. The molecule has 0 saturated carbocycles. The number of benzene rings is 3. The van der Waals surface area contributed by atoms with Crippen LogP contribution < -0.4 is 4.72 Å². The van der Waals surface area contributed by atoms with Crippen molar-refractivity contribution in [1.82, 2.24) is 9.47 Å². The minimum absolute atomic E-state index is 0.0436. The molecule has 3 aromatic carbocycles. The number of likely N-dealkylation sites (N-methyl/N-ethyl adjacent to an activating group) is 1. The van der Waals surface area contributed by atoms with Crippen molar-refractivity contribution in [1.29, 1.82) is 0 Å². The highest BCUT2D eigenvalue weighted by atomic mass is 32.2. The second kappa shape index (κ2) is 8.73. The molecule has 0 aliphatic carbocycles. The van der Waals surface area contributed by atoms with Gasteiger partial charge in [0.25, 0.3) is 0 Å². The van der Waals surface area contributed by atoms with E-state index in [0.717, 1.165) is 40.3 Å². The van der Waals surface area contributed by atoms with Crippen molar-refractivity contribution >= 4 is 37.4 Å². The van der Waals surface area contributed by atoms with E-state index in [1.54, 1.807) is 0 Å². The molecule has 0 saturated heterocycles. The van der Waals surface area contributed by atoms with Crippen LogP contribution in [-0.2, 0) is 23.0 Å². The molecule has 0 unspecified atom stereocenters. The number of aryl methyl sites for hydroxylation is 2. The van der Waals surface area contributed by atoms with Crippen LogP contribution >= 0.6 is 0 Å². The lowest BCUT2D eigenvalue weighted by atomic mass is 10.0. The Kier molecular flexibility index (Phi) is 6.03. The Hall–Kier alpha value is -2.83. The number of sulfonamides is 1. The largest absolute Gasteiger partial charge is 0.344 e. The molecule has 0 radical (unpaired) electrons. The normalized spacial score (nSPS) is 12.1. The van der Waals surface area contributed by atoms with Crippen molar-refractivity contribution in [2.24, 2.45) is 0 Å². The third-order valence-electron chi connectivity index (χ3n) is 5.67. The van der Waals surface area contributed by atoms with Crippen LogP contribution in [0.1, 0.15) is 11.3 Å². The molecule has 0 spiro atoms. The summed E-state index contributed by atoms with van der Waals surface area (Å²) in [4.78, 5) is 2.16. The summed E-state index contributed by atoms with van der Waals surface area (Å²) < 4.78 is 30.6. The Labute approximate surface area is 184 Å². The van der Waals surface area contributed by atoms with Gasteiger partial charge >= 0.3 is 0 Å². The van der Waals surface area contributed by atoms with E-state index in [1.807, 2.05) is 60.7 Å². The fourth-order valence-corrected chi connectivity index (χ4v) is 5.13. The molecule has 0 aliphatic heterocycles. The van der Waals surface area contributed by atoms with Gasteiger partial charge in [-0.1, -0.05) is 42.5 Å². The van der Waals surface area contributed by atoms with E-state index in [-0.39, 0.29) is 5.75 Å². The molecule has 31 heavy (non-hydrogen) atoms. The van der Waals surface area contributed by atoms with Gasteiger partial charge in [0, 0.05) is 35.4 Å². The number of hydrogen-bond donors (Lipinski definition) is 1. The predicted molar refractivity (Wildman–Crippen MR) is 130 cm³/mol. The van der Waals surface area contributed by atoms with Crippen LogP contribution in [0.3, 0.4) is 0 Å². The summed E-state index contributed by atoms with van der Waals surface area (Å²) in [6, 6.07) is 22.0. The molecule has 0 bridgehead atoms. The van der Waals surface area contributed by atoms with Crippen molar-refractivity contribution in [2.75, 3.05) is 31.1 Å². The summed E-state index contributed by atoms with van der Waals surface area (Å²) in [6.45, 7) is 3.94. The maximum absolute atomic E-state index is 12.8. The fraction of sp³-hybridized carbons (Fsp3) is 0.280. The van der Waals surface area contributed by atoms with Crippen molar-refractivity contribution in [3.8, 4) is 0 Å². The first-order chi connectivity index (χ1) is 14.8. The van der Waals surface area contributed by atoms with Gasteiger partial charge in [0.05, 0.1) is 5.75 Å². The molecule has 0 aliphatic rings. The second-order valence-electron chi connectivity index (χ2n) is 8.32. The molecule has 5 nitrogen and oxygen atoms in total. The number of fused-ring (bicyclic) bond motifs is 2. The van der Waals surface area contributed by atoms with Gasteiger partial charge in [-0.2, -0.15) is 0 Å². The fourth-order valence-electron chi connectivity index (χ4n) is 4.05. The summed E-state index contributed by atoms with van der Waals surface area (Å²) in [6.07, 6.45) is 0.471. The van der Waals surface area contributed by atoms with E-state index < -0.39 is 10.0 Å². The first-order valence-corrected chi connectivity index (χ1v) is 12.2. The molecule has 4 rings (SSSR count). The highest BCUT2D eigenvalue weighted by Gasteiger charge is 2.14. The molecule has 0 fully saturated rings. The summed E-state index contributed by atoms with van der Waals surface area (Å²) in [5.41, 5.74) is 3.95. The van der Waals surface area contributed by atoms with E-state index in [9.17, 15) is 8.42 Å². The SMILES string of the molecule is Cc1cc2cc(NS(=O)(=O)CCc3cccc4ccccc34)ccc2n1CCN(C)C. The smallest absolute Gasteiger partial charge is 0.233 e. The van der Waals surface area contributed by atoms with E-state index in [0.29, 0.717) is 12.1 Å². The van der Waals surface area contributed by atoms with Crippen LogP contribution in [-0.4, -0.2) is 44.3 Å². The maximum Gasteiger partial charge on any atom is 0.233 e. The maximum atomic E-state index is 12.8. The zero-order chi connectivity index (χ0) is 22.0. The minimum Gasteiger partial charge on any atom is -0.344 e. The zero-order valence-corrected chi connectivity index (χ0v) is 19.1. The summed E-state index contributed by atoms with van der Waals surface area (Å²) >= 11 is 0. The predicted octanol–water partition coefficient (Wildman–Crippen LogP) is 4.65. The van der Waals surface area contributed by atoms with Crippen LogP contribution in [0.4, 0.5) is 5.69 Å². The molecule has 0 atom stereocenters. The number of anilines is 1. The Bertz CT molecular complexity index is 1320. The first-order valence-electron chi connectivity index (χ1n) is 10.5. The Morgan fingerprint density at radius 2 is 1.71 bits per heavy atom. The van der Waals surface area contributed by atoms with Crippen molar-refractivity contribution in [3.63, 3.8) is 0 Å². The van der Waals surface area contributed by atoms with Crippen LogP contribution in [0.2, 0.25) is 0 Å². The highest BCUT2D eigenvalue weighted by molar-refractivity contribution is 7.92. The van der Waals surface area contributed by atoms with Crippen molar-refractivity contribution in [3.05, 3.63) is 78.0 Å². The third kappa shape index (κ3) is 4.92. The van der Waals surface area contributed by atoms with Gasteiger partial charge in [-0.25, -0.2) is 8.42 Å². The standard InChI is InChI=1S/C25H29N3O2S/c1-19-17-22-18-23(11-12-25(22)28(19)15-14-27(2)3)26-31(29,30)16-13-21-9-6-8-20-7-4-5-10-24(20)21/h4-12,17-18,26H,13-16H2,1-3H3. The molecule has 4 aromatic rings. The lowest BCUT2D eigenvalue weighted by Gasteiger charge is -2.13. The molecule has 1 N–H and O–H groups in total. The zero-order valence-electron chi connectivity index (χ0n) is 18.3. The molecular formula is C25H29N3O2S. The topological polar surface area (TPSA) is 54.3 Å². The first kappa shape index (κ1) is 21.4. The lowest BCUT2D eigenvalue weighted by Crippen LogP contribution is -2.19. The second-order valence-corrected chi connectivity index (χ2v) is 10.2. The van der Waals surface area contributed by atoms with Crippen molar-refractivity contribution in [2.45, 2.75) is 19.9 Å². The average Bonchev–Trinajstić information content (AvgIpc) is 3.04. The lowest BCUT2D eigenvalue weighted by molar-refractivity contribution is 0.385. The molecule has 0 amide bonds. The van der Waals surface area contributed by atoms with E-state index in [4.69, 9.17) is 0 Å². The van der Waals surface area contributed by atoms with Gasteiger partial charge in [0.15, 0.2) is 0 Å². The molecule has 6 heteroatoms. The molecule has 162 valence electrons. The van der Waals surface area contributed by atoms with Crippen LogP contribution in [0.25, 0.3) is 21.7 Å². The van der Waals surface area contributed by atoms with Gasteiger partial charge in [-0.15, -0.1) is 0 Å². The van der Waals surface area contributed by atoms with Gasteiger partial charge in [-0.3, -0.25) is 4.72 Å². The highest BCUT2D eigenvalue weighted by Crippen LogP contribution is 2.24. The van der Waals surface area contributed by atoms with Crippen LogP contribution in [0, 0.1) is 6.92 Å². The Balaban J connectivity index is 1.50. The number of aromatic nitrogens is 1. The monoisotopic (exact) mass is 435 g/mol. The van der Waals surface area contributed by atoms with E-state index >= 15 is 0 Å². The Morgan fingerprint density at radius 1 is 0.935 bits per heavy atom. The van der Waals surface area contributed by atoms with E-state index in [2.05, 4.69) is 41.3 Å². The number of rotatable bonds is 8. The summed E-state index contributed by atoms with van der Waals surface area (Å²) in [5.74, 6) is 0.0436. The van der Waals surface area contributed by atoms with Crippen LogP contribution in [0.5, 0.6) is 0 Å². The number of nitrogens with one attached hydrogen (secondary N) is 1. The molecule has 1 heterocycles. The van der Waals surface area contributed by atoms with Gasteiger partial charge in [0.2, 0.25) is 10.0 Å². The molecular weight excluding hydrogens is 406 g/mol. The quantitative estimate of drug-likeness (QED) is 0.438. The van der Waals surface area contributed by atoms with Gasteiger partial charge < -0.3 is 9.47 Å². The van der Waals surface area contributed by atoms with E-state index in [1.165, 1.54) is 5.69 Å². The van der Waals surface area contributed by atoms with Gasteiger partial charge in [-0.05, 0) is 68.0 Å². The van der Waals surface area contributed by atoms with Crippen molar-refractivity contribution < 1.29 is 8.42 Å². The number of nitrogens with zero attached hydrogens (tertiary/aromatic N) is 2. The average molecular weight is 436 g/mol. The van der Waals surface area contributed by atoms with Gasteiger partial charge in [0.1, 0.15) is 0 Å². The third-order valence-corrected chi connectivity index (χ3v) is 6.96.